The largest absolute Gasteiger partial charge is 0.480 e. The number of hydrogen-bond donors (Lipinski definition) is 2. The second kappa shape index (κ2) is 4.90. The van der Waals surface area contributed by atoms with Crippen molar-refractivity contribution in [1.29, 1.82) is 0 Å². The van der Waals surface area contributed by atoms with Crippen molar-refractivity contribution < 1.29 is 9.90 Å². The molecule has 6 heteroatoms. The zero-order chi connectivity index (χ0) is 15.0. The van der Waals surface area contributed by atoms with Gasteiger partial charge in [0.2, 0.25) is 0 Å². The van der Waals surface area contributed by atoms with Crippen molar-refractivity contribution in [2.45, 2.75) is 13.0 Å². The third kappa shape index (κ3) is 2.10. The molecule has 0 fully saturated rings. The summed E-state index contributed by atoms with van der Waals surface area (Å²) in [5, 5.41) is 9.36. The third-order valence-corrected chi connectivity index (χ3v) is 3.42. The summed E-state index contributed by atoms with van der Waals surface area (Å²) < 4.78 is 1.67. The third-order valence-electron chi connectivity index (χ3n) is 3.42. The SMILES string of the molecule is CC(C(=O)O)n1c(-c2cccnc2)nc2c(N)cccc21. The summed E-state index contributed by atoms with van der Waals surface area (Å²) >= 11 is 0. The topological polar surface area (TPSA) is 94.0 Å². The van der Waals surface area contributed by atoms with Crippen LogP contribution in [0.2, 0.25) is 0 Å². The number of anilines is 1. The minimum Gasteiger partial charge on any atom is -0.480 e. The van der Waals surface area contributed by atoms with Gasteiger partial charge < -0.3 is 15.4 Å². The first-order valence-electron chi connectivity index (χ1n) is 6.49. The monoisotopic (exact) mass is 282 g/mol. The zero-order valence-electron chi connectivity index (χ0n) is 11.4. The van der Waals surface area contributed by atoms with Crippen molar-refractivity contribution in [2.24, 2.45) is 0 Å². The summed E-state index contributed by atoms with van der Waals surface area (Å²) in [5.74, 6) is -0.382. The number of imidazole rings is 1. The molecule has 0 saturated carbocycles. The van der Waals surface area contributed by atoms with E-state index in [4.69, 9.17) is 5.73 Å². The lowest BCUT2D eigenvalue weighted by Crippen LogP contribution is -2.16. The molecule has 0 spiro atoms. The number of nitrogens with two attached hydrogens (primary N) is 1. The number of carboxylic acids is 1. The van der Waals surface area contributed by atoms with Crippen LogP contribution >= 0.6 is 0 Å². The van der Waals surface area contributed by atoms with Crippen LogP contribution in [0.25, 0.3) is 22.4 Å². The second-order valence-corrected chi connectivity index (χ2v) is 4.78. The Labute approximate surface area is 120 Å². The Kier molecular flexibility index (Phi) is 3.06. The molecular weight excluding hydrogens is 268 g/mol. The van der Waals surface area contributed by atoms with E-state index in [1.165, 1.54) is 0 Å². The number of aliphatic carboxylic acids is 1. The van der Waals surface area contributed by atoms with Crippen LogP contribution in [0.4, 0.5) is 5.69 Å². The van der Waals surface area contributed by atoms with Gasteiger partial charge in [-0.1, -0.05) is 6.07 Å². The predicted molar refractivity (Wildman–Crippen MR) is 79.7 cm³/mol. The lowest BCUT2D eigenvalue weighted by molar-refractivity contribution is -0.140. The molecule has 1 atom stereocenters. The molecule has 0 aliphatic heterocycles. The highest BCUT2D eigenvalue weighted by Gasteiger charge is 2.22. The molecule has 3 rings (SSSR count). The van der Waals surface area contributed by atoms with Crippen LogP contribution in [-0.4, -0.2) is 25.6 Å². The fraction of sp³-hybridized carbons (Fsp3) is 0.133. The van der Waals surface area contributed by atoms with Crippen LogP contribution in [0.1, 0.15) is 13.0 Å². The number of benzene rings is 1. The van der Waals surface area contributed by atoms with Gasteiger partial charge in [-0.05, 0) is 31.2 Å². The molecule has 21 heavy (non-hydrogen) atoms. The van der Waals surface area contributed by atoms with Gasteiger partial charge in [0.1, 0.15) is 17.4 Å². The first-order valence-corrected chi connectivity index (χ1v) is 6.49. The molecular formula is C15H14N4O2. The second-order valence-electron chi connectivity index (χ2n) is 4.78. The standard InChI is InChI=1S/C15H14N4O2/c1-9(15(20)21)19-12-6-2-5-11(16)13(12)18-14(19)10-4-3-7-17-8-10/h2-9H,16H2,1H3,(H,20,21). The van der Waals surface area contributed by atoms with Crippen molar-refractivity contribution in [3.8, 4) is 11.4 Å². The van der Waals surface area contributed by atoms with Crippen molar-refractivity contribution in [1.82, 2.24) is 14.5 Å². The number of carboxylic acid groups (broad SMARTS) is 1. The molecule has 0 aliphatic carbocycles. The van der Waals surface area contributed by atoms with Crippen molar-refractivity contribution in [3.63, 3.8) is 0 Å². The predicted octanol–water partition coefficient (Wildman–Crippen LogP) is 2.33. The molecule has 0 saturated heterocycles. The number of carbonyl (C=O) groups is 1. The maximum absolute atomic E-state index is 11.4. The van der Waals surface area contributed by atoms with E-state index >= 15 is 0 Å². The summed E-state index contributed by atoms with van der Waals surface area (Å²) in [6, 6.07) is 8.23. The molecule has 1 unspecified atom stereocenters. The van der Waals surface area contributed by atoms with Crippen LogP contribution in [-0.2, 0) is 4.79 Å². The van der Waals surface area contributed by atoms with Crippen LogP contribution in [0.5, 0.6) is 0 Å². The van der Waals surface area contributed by atoms with E-state index in [-0.39, 0.29) is 0 Å². The number of nitrogens with zero attached hydrogens (tertiary/aromatic N) is 3. The lowest BCUT2D eigenvalue weighted by Gasteiger charge is -2.13. The Morgan fingerprint density at radius 1 is 1.33 bits per heavy atom. The maximum Gasteiger partial charge on any atom is 0.326 e. The summed E-state index contributed by atoms with van der Waals surface area (Å²) in [5.41, 5.74) is 8.53. The van der Waals surface area contributed by atoms with E-state index in [2.05, 4.69) is 9.97 Å². The van der Waals surface area contributed by atoms with Crippen molar-refractivity contribution in [3.05, 3.63) is 42.7 Å². The Bertz CT molecular complexity index is 811. The quantitative estimate of drug-likeness (QED) is 0.719. The van der Waals surface area contributed by atoms with Gasteiger partial charge in [-0.25, -0.2) is 9.78 Å². The normalized spacial score (nSPS) is 12.4. The van der Waals surface area contributed by atoms with E-state index < -0.39 is 12.0 Å². The Balaban J connectivity index is 2.35. The van der Waals surface area contributed by atoms with Gasteiger partial charge in [-0.15, -0.1) is 0 Å². The van der Waals surface area contributed by atoms with Crippen LogP contribution in [0.3, 0.4) is 0 Å². The molecule has 0 aliphatic rings. The van der Waals surface area contributed by atoms with Crippen LogP contribution in [0, 0.1) is 0 Å². The van der Waals surface area contributed by atoms with Crippen LogP contribution in [0.15, 0.2) is 42.7 Å². The summed E-state index contributed by atoms with van der Waals surface area (Å²) in [4.78, 5) is 20.0. The van der Waals surface area contributed by atoms with Gasteiger partial charge >= 0.3 is 5.97 Å². The van der Waals surface area contributed by atoms with E-state index in [0.717, 1.165) is 5.56 Å². The van der Waals surface area contributed by atoms with Gasteiger partial charge in [-0.2, -0.15) is 0 Å². The first-order chi connectivity index (χ1) is 10.1. The Hall–Kier alpha value is -2.89. The number of para-hydroxylation sites is 1. The summed E-state index contributed by atoms with van der Waals surface area (Å²) in [6.45, 7) is 1.62. The van der Waals surface area contributed by atoms with Crippen molar-refractivity contribution >= 4 is 22.7 Å². The Morgan fingerprint density at radius 3 is 2.81 bits per heavy atom. The summed E-state index contributed by atoms with van der Waals surface area (Å²) in [7, 11) is 0. The number of pyridine rings is 1. The highest BCUT2D eigenvalue weighted by atomic mass is 16.4. The van der Waals surface area contributed by atoms with Gasteiger partial charge in [0.05, 0.1) is 11.2 Å². The zero-order valence-corrected chi connectivity index (χ0v) is 11.4. The molecule has 0 amide bonds. The molecule has 3 N–H and O–H groups in total. The molecule has 6 nitrogen and oxygen atoms in total. The number of nitrogen functional groups attached to an aromatic ring is 1. The number of hydrogen-bond acceptors (Lipinski definition) is 4. The fourth-order valence-corrected chi connectivity index (χ4v) is 2.34. The highest BCUT2D eigenvalue weighted by Crippen LogP contribution is 2.30. The van der Waals surface area contributed by atoms with Gasteiger partial charge in [0.15, 0.2) is 0 Å². The molecule has 0 bridgehead atoms. The molecule has 1 aromatic carbocycles. The van der Waals surface area contributed by atoms with E-state index in [1.54, 1.807) is 42.1 Å². The van der Waals surface area contributed by atoms with Crippen molar-refractivity contribution in [2.75, 3.05) is 5.73 Å². The Morgan fingerprint density at radius 2 is 2.14 bits per heavy atom. The fourth-order valence-electron chi connectivity index (χ4n) is 2.34. The number of fused-ring (bicyclic) bond motifs is 1. The molecule has 2 heterocycles. The van der Waals surface area contributed by atoms with Gasteiger partial charge in [0, 0.05) is 18.0 Å². The molecule has 106 valence electrons. The molecule has 0 radical (unpaired) electrons. The smallest absolute Gasteiger partial charge is 0.326 e. The minimum absolute atomic E-state index is 0.522. The minimum atomic E-state index is -0.929. The van der Waals surface area contributed by atoms with E-state index in [0.29, 0.717) is 22.5 Å². The summed E-state index contributed by atoms with van der Waals surface area (Å²) in [6.07, 6.45) is 3.31. The molecule has 2 aromatic heterocycles. The first kappa shape index (κ1) is 13.1. The average molecular weight is 282 g/mol. The maximum atomic E-state index is 11.4. The van der Waals surface area contributed by atoms with Gasteiger partial charge in [0.25, 0.3) is 0 Å². The number of rotatable bonds is 3. The highest BCUT2D eigenvalue weighted by molar-refractivity contribution is 5.91. The van der Waals surface area contributed by atoms with Crippen LogP contribution < -0.4 is 5.73 Å². The molecule has 3 aromatic rings. The van der Waals surface area contributed by atoms with E-state index in [9.17, 15) is 9.90 Å². The number of aromatic nitrogens is 3. The average Bonchev–Trinajstić information content (AvgIpc) is 2.88. The lowest BCUT2D eigenvalue weighted by atomic mass is 10.2. The van der Waals surface area contributed by atoms with E-state index in [1.807, 2.05) is 12.1 Å². The van der Waals surface area contributed by atoms with Gasteiger partial charge in [-0.3, -0.25) is 4.98 Å².